The molecular weight excluding hydrogens is 239 g/mol. The number of pyridine rings is 1. The van der Waals surface area contributed by atoms with E-state index >= 15 is 0 Å². The summed E-state index contributed by atoms with van der Waals surface area (Å²) in [6, 6.07) is 11.1. The van der Waals surface area contributed by atoms with Crippen molar-refractivity contribution < 1.29 is 4.39 Å². The van der Waals surface area contributed by atoms with Crippen LogP contribution in [0.5, 0.6) is 0 Å². The van der Waals surface area contributed by atoms with Gasteiger partial charge in [-0.25, -0.2) is 4.39 Å². The molecule has 0 bridgehead atoms. The summed E-state index contributed by atoms with van der Waals surface area (Å²) in [5, 5.41) is 0. The molecule has 2 nitrogen and oxygen atoms in total. The fourth-order valence-corrected chi connectivity index (χ4v) is 2.76. The SMILES string of the molecule is Fc1cccc([C@H]2CCN(Cc3cccnc3)C2)c1. The first-order valence-corrected chi connectivity index (χ1v) is 6.68. The molecule has 1 aromatic heterocycles. The number of hydrogen-bond donors (Lipinski definition) is 0. The standard InChI is InChI=1S/C16H17FN2/c17-16-5-1-4-14(9-16)15-6-8-19(12-15)11-13-3-2-7-18-10-13/h1-5,7,9-10,15H,6,8,11-12H2/t15-/m0/s1. The zero-order chi connectivity index (χ0) is 13.1. The van der Waals surface area contributed by atoms with Gasteiger partial charge >= 0.3 is 0 Å². The summed E-state index contributed by atoms with van der Waals surface area (Å²) in [4.78, 5) is 6.55. The van der Waals surface area contributed by atoms with Crippen LogP contribution in [0.4, 0.5) is 4.39 Å². The van der Waals surface area contributed by atoms with E-state index in [1.54, 1.807) is 18.3 Å². The number of halogens is 1. The third-order valence-electron chi connectivity index (χ3n) is 3.72. The summed E-state index contributed by atoms with van der Waals surface area (Å²) in [7, 11) is 0. The Hall–Kier alpha value is -1.74. The maximum atomic E-state index is 13.2. The molecule has 2 aromatic rings. The molecule has 0 spiro atoms. The van der Waals surface area contributed by atoms with Crippen LogP contribution in [0.3, 0.4) is 0 Å². The summed E-state index contributed by atoms with van der Waals surface area (Å²) in [6.07, 6.45) is 4.81. The molecule has 0 saturated carbocycles. The molecule has 1 aromatic carbocycles. The quantitative estimate of drug-likeness (QED) is 0.838. The minimum absolute atomic E-state index is 0.136. The summed E-state index contributed by atoms with van der Waals surface area (Å²) >= 11 is 0. The molecule has 1 saturated heterocycles. The Morgan fingerprint density at radius 1 is 1.26 bits per heavy atom. The predicted octanol–water partition coefficient (Wildman–Crippen LogP) is 3.21. The predicted molar refractivity (Wildman–Crippen MR) is 73.3 cm³/mol. The minimum atomic E-state index is -0.136. The van der Waals surface area contributed by atoms with Crippen molar-refractivity contribution in [2.45, 2.75) is 18.9 Å². The highest BCUT2D eigenvalue weighted by Crippen LogP contribution is 2.28. The van der Waals surface area contributed by atoms with Gasteiger partial charge in [-0.3, -0.25) is 9.88 Å². The highest BCUT2D eigenvalue weighted by molar-refractivity contribution is 5.22. The fraction of sp³-hybridized carbons (Fsp3) is 0.312. The highest BCUT2D eigenvalue weighted by Gasteiger charge is 2.23. The van der Waals surface area contributed by atoms with Gasteiger partial charge in [0.2, 0.25) is 0 Å². The van der Waals surface area contributed by atoms with Crippen molar-refractivity contribution in [3.63, 3.8) is 0 Å². The van der Waals surface area contributed by atoms with Crippen LogP contribution < -0.4 is 0 Å². The van der Waals surface area contributed by atoms with E-state index in [0.717, 1.165) is 31.6 Å². The van der Waals surface area contributed by atoms with E-state index < -0.39 is 0 Å². The van der Waals surface area contributed by atoms with Gasteiger partial charge in [0, 0.05) is 25.5 Å². The van der Waals surface area contributed by atoms with Gasteiger partial charge in [-0.2, -0.15) is 0 Å². The average Bonchev–Trinajstić information content (AvgIpc) is 2.88. The van der Waals surface area contributed by atoms with Gasteiger partial charge in [0.05, 0.1) is 0 Å². The summed E-state index contributed by atoms with van der Waals surface area (Å²) in [5.74, 6) is 0.315. The van der Waals surface area contributed by atoms with Crippen LogP contribution in [0, 0.1) is 5.82 Å². The van der Waals surface area contributed by atoms with Gasteiger partial charge < -0.3 is 0 Å². The van der Waals surface area contributed by atoms with Gasteiger partial charge in [0.1, 0.15) is 5.82 Å². The number of aromatic nitrogens is 1. The lowest BCUT2D eigenvalue weighted by Gasteiger charge is -2.16. The zero-order valence-corrected chi connectivity index (χ0v) is 10.8. The Bertz CT molecular complexity index is 541. The molecule has 98 valence electrons. The van der Waals surface area contributed by atoms with Crippen molar-refractivity contribution in [2.24, 2.45) is 0 Å². The van der Waals surface area contributed by atoms with E-state index in [2.05, 4.69) is 16.0 Å². The normalized spacial score (nSPS) is 19.7. The van der Waals surface area contributed by atoms with E-state index in [4.69, 9.17) is 0 Å². The molecule has 0 amide bonds. The second kappa shape index (κ2) is 5.49. The van der Waals surface area contributed by atoms with Gasteiger partial charge in [-0.05, 0) is 48.2 Å². The largest absolute Gasteiger partial charge is 0.298 e. The molecule has 1 aliphatic rings. The molecule has 0 unspecified atom stereocenters. The third kappa shape index (κ3) is 2.99. The minimum Gasteiger partial charge on any atom is -0.298 e. The van der Waals surface area contributed by atoms with Crippen LogP contribution in [-0.2, 0) is 6.54 Å². The molecule has 0 radical (unpaired) electrons. The molecule has 1 aliphatic heterocycles. The fourth-order valence-electron chi connectivity index (χ4n) is 2.76. The van der Waals surface area contributed by atoms with Crippen LogP contribution in [0.1, 0.15) is 23.5 Å². The van der Waals surface area contributed by atoms with Crippen molar-refractivity contribution >= 4 is 0 Å². The average molecular weight is 256 g/mol. The van der Waals surface area contributed by atoms with E-state index in [1.165, 1.54) is 11.6 Å². The Morgan fingerprint density at radius 3 is 3.00 bits per heavy atom. The number of likely N-dealkylation sites (tertiary alicyclic amines) is 1. The van der Waals surface area contributed by atoms with Crippen LogP contribution in [0.25, 0.3) is 0 Å². The number of benzene rings is 1. The first-order chi connectivity index (χ1) is 9.31. The maximum Gasteiger partial charge on any atom is 0.123 e. The summed E-state index contributed by atoms with van der Waals surface area (Å²) < 4.78 is 13.2. The van der Waals surface area contributed by atoms with Gasteiger partial charge in [0.15, 0.2) is 0 Å². The third-order valence-corrected chi connectivity index (χ3v) is 3.72. The van der Waals surface area contributed by atoms with Crippen LogP contribution in [0.15, 0.2) is 48.8 Å². The molecule has 1 atom stereocenters. The van der Waals surface area contributed by atoms with Crippen molar-refractivity contribution in [2.75, 3.05) is 13.1 Å². The summed E-state index contributed by atoms with van der Waals surface area (Å²) in [6.45, 7) is 2.99. The molecular formula is C16H17FN2. The number of nitrogens with zero attached hydrogens (tertiary/aromatic N) is 2. The highest BCUT2D eigenvalue weighted by atomic mass is 19.1. The lowest BCUT2D eigenvalue weighted by atomic mass is 9.98. The Kier molecular flexibility index (Phi) is 3.56. The van der Waals surface area contributed by atoms with Crippen molar-refractivity contribution in [1.29, 1.82) is 0 Å². The van der Waals surface area contributed by atoms with Crippen LogP contribution in [0.2, 0.25) is 0 Å². The lowest BCUT2D eigenvalue weighted by Crippen LogP contribution is -2.19. The molecule has 3 rings (SSSR count). The second-order valence-corrected chi connectivity index (χ2v) is 5.14. The van der Waals surface area contributed by atoms with E-state index in [1.807, 2.05) is 18.3 Å². The van der Waals surface area contributed by atoms with E-state index in [-0.39, 0.29) is 5.82 Å². The molecule has 19 heavy (non-hydrogen) atoms. The number of hydrogen-bond acceptors (Lipinski definition) is 2. The van der Waals surface area contributed by atoms with Crippen molar-refractivity contribution in [3.8, 4) is 0 Å². The van der Waals surface area contributed by atoms with Gasteiger partial charge in [-0.15, -0.1) is 0 Å². The molecule has 3 heteroatoms. The molecule has 2 heterocycles. The Balaban J connectivity index is 1.64. The van der Waals surface area contributed by atoms with Gasteiger partial charge in [0.25, 0.3) is 0 Å². The first-order valence-electron chi connectivity index (χ1n) is 6.68. The molecule has 0 aliphatic carbocycles. The van der Waals surface area contributed by atoms with Crippen LogP contribution >= 0.6 is 0 Å². The van der Waals surface area contributed by atoms with E-state index in [0.29, 0.717) is 5.92 Å². The maximum absolute atomic E-state index is 13.2. The van der Waals surface area contributed by atoms with Crippen molar-refractivity contribution in [1.82, 2.24) is 9.88 Å². The smallest absolute Gasteiger partial charge is 0.123 e. The lowest BCUT2D eigenvalue weighted by molar-refractivity contribution is 0.326. The number of rotatable bonds is 3. The Morgan fingerprint density at radius 2 is 2.21 bits per heavy atom. The second-order valence-electron chi connectivity index (χ2n) is 5.14. The monoisotopic (exact) mass is 256 g/mol. The Labute approximate surface area is 112 Å². The van der Waals surface area contributed by atoms with Crippen molar-refractivity contribution in [3.05, 3.63) is 65.7 Å². The topological polar surface area (TPSA) is 16.1 Å². The van der Waals surface area contributed by atoms with Gasteiger partial charge in [-0.1, -0.05) is 18.2 Å². The molecule has 0 N–H and O–H groups in total. The van der Waals surface area contributed by atoms with Crippen LogP contribution in [-0.4, -0.2) is 23.0 Å². The van der Waals surface area contributed by atoms with E-state index in [9.17, 15) is 4.39 Å². The summed E-state index contributed by atoms with van der Waals surface area (Å²) in [5.41, 5.74) is 2.36. The first kappa shape index (κ1) is 12.3. The zero-order valence-electron chi connectivity index (χ0n) is 10.8. The molecule has 1 fully saturated rings.